The van der Waals surface area contributed by atoms with Crippen LogP contribution < -0.4 is 31.9 Å². The Hall–Kier alpha value is -4.15. The minimum atomic E-state index is -5.31. The van der Waals surface area contributed by atoms with E-state index in [1.54, 1.807) is 0 Å². The molecule has 4 aliphatic rings. The Morgan fingerprint density at radius 1 is 1.16 bits per heavy atom. The number of nitrogens with one attached hydrogen (secondary N) is 2. The number of aromatic nitrogens is 4. The molecule has 7 rings (SSSR count). The van der Waals surface area contributed by atoms with Crippen LogP contribution in [0.2, 0.25) is 0 Å². The summed E-state index contributed by atoms with van der Waals surface area (Å²) in [5.74, 6) is -4.31. The summed E-state index contributed by atoms with van der Waals surface area (Å²) in [5, 5.41) is 34.4. The molecule has 0 radical (unpaired) electrons. The second-order valence-corrected chi connectivity index (χ2v) is 13.2. The van der Waals surface area contributed by atoms with Crippen LogP contribution in [0.4, 0.5) is 11.8 Å². The van der Waals surface area contributed by atoms with Gasteiger partial charge in [0.15, 0.2) is 0 Å². The molecule has 3 unspecified atom stereocenters. The first-order valence-corrected chi connectivity index (χ1v) is 16.4. The first-order chi connectivity index (χ1) is 21.3. The molecule has 0 saturated carbocycles. The molecule has 244 valence electrons. The molecule has 4 aliphatic heterocycles. The fraction of sp³-hybridized carbons (Fsp3) is 0.350. The number of H-pyrrole nitrogens is 1. The van der Waals surface area contributed by atoms with Crippen molar-refractivity contribution in [3.63, 3.8) is 0 Å². The number of piperidine rings is 1. The SMILES string of the molecule is Nc1nc2c(ncn2C2=C3O[PH](O)(O)OCc4oc(N5N=NC6C(N)NCCC65)c(O)c4O[PH](O)(O)O/C=C(/O2)[C@H]3O)c(=O)[nH]1. The van der Waals surface area contributed by atoms with Gasteiger partial charge in [-0.2, -0.15) is 0 Å². The van der Waals surface area contributed by atoms with Crippen molar-refractivity contribution >= 4 is 45.2 Å². The minimum absolute atomic E-state index is 0.178. The van der Waals surface area contributed by atoms with Crippen LogP contribution in [0.5, 0.6) is 11.5 Å². The van der Waals surface area contributed by atoms with E-state index in [1.807, 2.05) is 0 Å². The number of aliphatic hydroxyl groups is 1. The zero-order chi connectivity index (χ0) is 31.8. The van der Waals surface area contributed by atoms with Gasteiger partial charge in [0, 0.05) is 0 Å². The molecule has 25 heteroatoms. The van der Waals surface area contributed by atoms with Gasteiger partial charge in [0.05, 0.1) is 0 Å². The van der Waals surface area contributed by atoms with Crippen LogP contribution >= 0.6 is 16.3 Å². The molecule has 0 spiro atoms. The van der Waals surface area contributed by atoms with Crippen LogP contribution in [0.25, 0.3) is 17.0 Å². The number of fused-ring (bicyclic) bond motifs is 5. The number of aliphatic hydroxyl groups excluding tert-OH is 1. The summed E-state index contributed by atoms with van der Waals surface area (Å²) in [7, 11) is -10.6. The van der Waals surface area contributed by atoms with Gasteiger partial charge in [0.25, 0.3) is 0 Å². The average Bonchev–Trinajstić information content (AvgIpc) is 3.72. The van der Waals surface area contributed by atoms with Crippen LogP contribution in [0.15, 0.2) is 43.7 Å². The van der Waals surface area contributed by atoms with Gasteiger partial charge in [-0.3, -0.25) is 0 Å². The van der Waals surface area contributed by atoms with E-state index in [0.29, 0.717) is 19.2 Å². The Kier molecular flexibility index (Phi) is 6.87. The summed E-state index contributed by atoms with van der Waals surface area (Å²) in [6.07, 6.45) is -0.409. The molecule has 12 N–H and O–H groups in total. The molecule has 7 heterocycles. The van der Waals surface area contributed by atoms with Gasteiger partial charge in [-0.15, -0.1) is 0 Å². The number of hydrogen-bond acceptors (Lipinski definition) is 21. The van der Waals surface area contributed by atoms with E-state index in [2.05, 4.69) is 30.6 Å². The van der Waals surface area contributed by atoms with Gasteiger partial charge >= 0.3 is 250 Å². The van der Waals surface area contributed by atoms with E-state index >= 15 is 0 Å². The molecule has 0 amide bonds. The first kappa shape index (κ1) is 29.6. The van der Waals surface area contributed by atoms with E-state index in [4.69, 9.17) is 38.7 Å². The molecule has 3 aromatic heterocycles. The number of rotatable bonds is 2. The van der Waals surface area contributed by atoms with Gasteiger partial charge in [-0.25, -0.2) is 0 Å². The Labute approximate surface area is 249 Å². The number of hydrogen-bond donors (Lipinski definition) is 10. The van der Waals surface area contributed by atoms with E-state index in [0.717, 1.165) is 10.9 Å². The van der Waals surface area contributed by atoms with Crippen LogP contribution in [0.3, 0.4) is 0 Å². The fourth-order valence-electron chi connectivity index (χ4n) is 5.03. The molecule has 1 fully saturated rings. The Balaban J connectivity index is 1.27. The number of nitrogens with two attached hydrogens (primary N) is 2. The van der Waals surface area contributed by atoms with Crippen molar-refractivity contribution in [3.8, 4) is 11.5 Å². The van der Waals surface area contributed by atoms with Crippen molar-refractivity contribution in [3.05, 3.63) is 40.2 Å². The van der Waals surface area contributed by atoms with Gasteiger partial charge in [-0.1, -0.05) is 0 Å². The fourth-order valence-corrected chi connectivity index (χ4v) is 6.69. The molecule has 0 aliphatic carbocycles. The molecule has 2 bridgehead atoms. The zero-order valence-corrected chi connectivity index (χ0v) is 24.5. The number of furan rings is 1. The Bertz CT molecular complexity index is 1840. The molecular formula is C20H26N10O13P2. The summed E-state index contributed by atoms with van der Waals surface area (Å²) in [4.78, 5) is 65.3. The second kappa shape index (κ2) is 10.5. The Morgan fingerprint density at radius 3 is 2.76 bits per heavy atom. The van der Waals surface area contributed by atoms with Crippen LogP contribution in [0.1, 0.15) is 12.2 Å². The van der Waals surface area contributed by atoms with Gasteiger partial charge < -0.3 is 0 Å². The topological polar surface area (TPSA) is 336 Å². The average molecular weight is 676 g/mol. The molecule has 0 aromatic carbocycles. The molecular weight excluding hydrogens is 650 g/mol. The normalized spacial score (nSPS) is 29.8. The van der Waals surface area contributed by atoms with Gasteiger partial charge in [0.1, 0.15) is 0 Å². The summed E-state index contributed by atoms with van der Waals surface area (Å²) in [6.45, 7) is -0.397. The van der Waals surface area contributed by atoms with Crippen molar-refractivity contribution in [1.82, 2.24) is 24.8 Å². The molecule has 4 atom stereocenters. The molecule has 23 nitrogen and oxygen atoms in total. The Morgan fingerprint density at radius 2 is 1.96 bits per heavy atom. The first-order valence-electron chi connectivity index (χ1n) is 13.0. The third-order valence-electron chi connectivity index (χ3n) is 7.06. The number of imidazole rings is 1. The third kappa shape index (κ3) is 5.10. The van der Waals surface area contributed by atoms with Crippen molar-refractivity contribution in [2.24, 2.45) is 16.1 Å². The van der Waals surface area contributed by atoms with Crippen molar-refractivity contribution in [2.75, 3.05) is 17.3 Å². The van der Waals surface area contributed by atoms with E-state index < -0.39 is 87.5 Å². The maximum atomic E-state index is 12.3. The number of aromatic hydroxyl groups is 1. The van der Waals surface area contributed by atoms with E-state index in [-0.39, 0.29) is 23.0 Å². The quantitative estimate of drug-likeness (QED) is 0.131. The predicted molar refractivity (Wildman–Crippen MR) is 150 cm³/mol. The second-order valence-electron chi connectivity index (χ2n) is 10.0. The van der Waals surface area contributed by atoms with Gasteiger partial charge in [-0.05, 0) is 0 Å². The number of ether oxygens (including phenoxy) is 1. The molecule has 1 saturated heterocycles. The van der Waals surface area contributed by atoms with Crippen molar-refractivity contribution in [2.45, 2.75) is 37.4 Å². The third-order valence-corrected chi connectivity index (χ3v) is 8.96. The number of nitrogens with zero attached hydrogens (tertiary/aromatic N) is 6. The summed E-state index contributed by atoms with van der Waals surface area (Å²) >= 11 is 0. The van der Waals surface area contributed by atoms with E-state index in [1.165, 1.54) is 5.01 Å². The van der Waals surface area contributed by atoms with E-state index in [9.17, 15) is 34.6 Å². The van der Waals surface area contributed by atoms with Crippen LogP contribution in [-0.2, 0) is 24.9 Å². The predicted octanol–water partition coefficient (Wildman–Crippen LogP) is -2.01. The number of aromatic amines is 1. The zero-order valence-electron chi connectivity index (χ0n) is 22.5. The van der Waals surface area contributed by atoms with Crippen LogP contribution in [-0.4, -0.2) is 80.2 Å². The van der Waals surface area contributed by atoms with Crippen molar-refractivity contribution in [1.29, 1.82) is 0 Å². The standard InChI is InChI=1S/C20H26N10O13P2/c21-15-9-6(1-2-23-15)30(28-27-9)18-12(32)13-8(41-18)4-39-45(36,37)43-14-11(31)7(3-38-44(34,35)42-13)40-19(14)29-5-24-10-16(29)25-20(22)26-17(10)33/h3,5-6,9,11,15,23,31-32,34-37,44-45H,1-2,4,21H2,(H3,22,25,26,33)/b7-3+/t6?,9?,11-,15?/m1/s1. The van der Waals surface area contributed by atoms with Crippen LogP contribution in [0, 0.1) is 0 Å². The monoisotopic (exact) mass is 676 g/mol. The van der Waals surface area contributed by atoms with Gasteiger partial charge in [0.2, 0.25) is 0 Å². The number of nitrogen functional groups attached to an aromatic ring is 1. The summed E-state index contributed by atoms with van der Waals surface area (Å²) in [5.41, 5.74) is 10.6. The number of anilines is 2. The van der Waals surface area contributed by atoms with Crippen molar-refractivity contribution < 1.29 is 57.0 Å². The summed E-state index contributed by atoms with van der Waals surface area (Å²) < 4.78 is 33.0. The molecule has 45 heavy (non-hydrogen) atoms. The molecule has 3 aromatic rings. The maximum absolute atomic E-state index is 12.3. The summed E-state index contributed by atoms with van der Waals surface area (Å²) in [6, 6.07) is -0.960.